The summed E-state index contributed by atoms with van der Waals surface area (Å²) in [6, 6.07) is 31.3. The Morgan fingerprint density at radius 1 is 0.767 bits per heavy atom. The molecule has 4 aromatic carbocycles. The number of aromatic nitrogens is 5. The maximum atomic E-state index is 15.7. The van der Waals surface area contributed by atoms with Gasteiger partial charge in [-0.3, -0.25) is 10.1 Å². The number of nitro benzene ring substituents is 1. The van der Waals surface area contributed by atoms with E-state index in [1.807, 2.05) is 77.0 Å². The minimum atomic E-state index is -1.23. The first-order valence-electron chi connectivity index (χ1n) is 20.5. The zero-order chi connectivity index (χ0) is 42.0. The van der Waals surface area contributed by atoms with Gasteiger partial charge in [-0.2, -0.15) is 15.3 Å². The molecule has 0 radical (unpaired) electrons. The maximum absolute atomic E-state index is 15.7. The van der Waals surface area contributed by atoms with E-state index in [-0.39, 0.29) is 30.5 Å². The molecule has 2 aliphatic heterocycles. The van der Waals surface area contributed by atoms with Crippen LogP contribution < -0.4 is 0 Å². The summed E-state index contributed by atoms with van der Waals surface area (Å²) in [4.78, 5) is 32.4. The van der Waals surface area contributed by atoms with Crippen molar-refractivity contribution >= 4 is 30.7 Å². The molecular weight excluding hydrogens is 777 g/mol. The van der Waals surface area contributed by atoms with Crippen LogP contribution in [-0.4, -0.2) is 90.3 Å². The number of benzene rings is 4. The molecule has 0 spiro atoms. The van der Waals surface area contributed by atoms with Crippen molar-refractivity contribution in [3.63, 3.8) is 0 Å². The van der Waals surface area contributed by atoms with E-state index in [2.05, 4.69) is 71.3 Å². The van der Waals surface area contributed by atoms with Crippen molar-refractivity contribution in [2.45, 2.75) is 102 Å². The molecule has 14 nitrogen and oxygen atoms in total. The highest BCUT2D eigenvalue weighted by Crippen LogP contribution is 2.41. The average molecular weight is 829 g/mol. The fraction of sp³-hybridized carbons (Fsp3) is 0.378. The summed E-state index contributed by atoms with van der Waals surface area (Å²) in [5.41, 5.74) is 4.74. The topological polar surface area (TPSA) is 143 Å². The lowest BCUT2D eigenvalue weighted by Gasteiger charge is -2.37. The summed E-state index contributed by atoms with van der Waals surface area (Å²) >= 11 is 0. The summed E-state index contributed by atoms with van der Waals surface area (Å²) in [6.45, 7) is 12.3. The van der Waals surface area contributed by atoms with Gasteiger partial charge in [-0.1, -0.05) is 92.4 Å². The molecule has 15 heteroatoms. The zero-order valence-corrected chi connectivity index (χ0v) is 35.8. The average Bonchev–Trinajstić information content (AvgIpc) is 3.97. The third-order valence-electron chi connectivity index (χ3n) is 11.3. The first kappa shape index (κ1) is 41.0. The quantitative estimate of drug-likeness (QED) is 0.0435. The molecule has 60 heavy (non-hydrogen) atoms. The van der Waals surface area contributed by atoms with E-state index in [0.29, 0.717) is 31.7 Å². The van der Waals surface area contributed by atoms with E-state index in [4.69, 9.17) is 14.2 Å². The van der Waals surface area contributed by atoms with Crippen molar-refractivity contribution in [1.29, 1.82) is 0 Å². The molecule has 4 heterocycles. The van der Waals surface area contributed by atoms with Crippen LogP contribution in [0, 0.1) is 10.1 Å². The van der Waals surface area contributed by atoms with Crippen LogP contribution in [-0.2, 0) is 46.9 Å². The summed E-state index contributed by atoms with van der Waals surface area (Å²) in [7, 11) is -1.23. The Balaban J connectivity index is 1.20. The van der Waals surface area contributed by atoms with Crippen LogP contribution in [0.25, 0.3) is 16.6 Å². The highest BCUT2D eigenvalue weighted by atomic mass is 28.3. The first-order chi connectivity index (χ1) is 28.8. The number of nitrogens with zero attached hydrogens (tertiary/aromatic N) is 8. The minimum absolute atomic E-state index is 0.133. The number of hydrogen-bond donors (Lipinski definition) is 0. The van der Waals surface area contributed by atoms with Crippen molar-refractivity contribution in [3.8, 4) is 5.69 Å². The Morgan fingerprint density at radius 3 is 1.90 bits per heavy atom. The molecule has 2 fully saturated rings. The van der Waals surface area contributed by atoms with Gasteiger partial charge in [0.2, 0.25) is 0 Å². The van der Waals surface area contributed by atoms with Crippen LogP contribution in [0.1, 0.15) is 36.1 Å². The molecular formula is C45H52N8O6Si. The number of fused-ring (bicyclic) bond motifs is 2. The number of nitro groups is 1. The van der Waals surface area contributed by atoms with Crippen LogP contribution in [0.3, 0.4) is 0 Å². The predicted molar refractivity (Wildman–Crippen MR) is 230 cm³/mol. The van der Waals surface area contributed by atoms with E-state index in [1.165, 1.54) is 23.3 Å². The third kappa shape index (κ3) is 9.19. The smallest absolute Gasteiger partial charge is 0.321 e. The Morgan fingerprint density at radius 2 is 1.33 bits per heavy atom. The second-order valence-corrected chi connectivity index (χ2v) is 23.0. The fourth-order valence-electron chi connectivity index (χ4n) is 8.33. The zero-order valence-electron chi connectivity index (χ0n) is 34.8. The standard InChI is InChI=1S/C45H52N8O6Si/c1-45(2)58-42-40(25-32-12-8-6-9-13-32)49(29-34-16-18-37-36(24-34)28-48-51(37)31-57-22-23-60(3,4)5)44(54)50(41(43(42)59-45)26-33-14-10-7-11-15-33)30-35-17-19-38(53(55)56)39(27-35)52-46-20-21-47-52/h6-21,24,27-28,40-43H,22-23,25-26,29-31H2,1-5H3/t40-,41-,42+,43+/m1/s1. The number of carbonyl (C=O) groups is 1. The molecule has 0 aliphatic carbocycles. The van der Waals surface area contributed by atoms with Gasteiger partial charge in [-0.15, -0.1) is 4.80 Å². The number of amides is 2. The van der Waals surface area contributed by atoms with Gasteiger partial charge in [0.05, 0.1) is 41.1 Å². The Hall–Kier alpha value is -5.74. The van der Waals surface area contributed by atoms with Crippen LogP contribution in [0.15, 0.2) is 116 Å². The van der Waals surface area contributed by atoms with Gasteiger partial charge < -0.3 is 24.0 Å². The van der Waals surface area contributed by atoms with Crippen molar-refractivity contribution in [1.82, 2.24) is 34.6 Å². The van der Waals surface area contributed by atoms with Gasteiger partial charge in [0.15, 0.2) is 11.5 Å². The van der Waals surface area contributed by atoms with E-state index in [1.54, 1.807) is 12.1 Å². The third-order valence-corrected chi connectivity index (χ3v) is 13.0. The van der Waals surface area contributed by atoms with E-state index < -0.39 is 43.1 Å². The van der Waals surface area contributed by atoms with E-state index in [9.17, 15) is 10.1 Å². The molecule has 0 bridgehead atoms. The molecule has 2 aliphatic rings. The lowest BCUT2D eigenvalue weighted by molar-refractivity contribution is -0.384. The van der Waals surface area contributed by atoms with Crippen LogP contribution in [0.2, 0.25) is 25.7 Å². The molecule has 6 aromatic rings. The van der Waals surface area contributed by atoms with Crippen LogP contribution in [0.4, 0.5) is 10.5 Å². The van der Waals surface area contributed by atoms with Crippen molar-refractivity contribution < 1.29 is 23.9 Å². The van der Waals surface area contributed by atoms with E-state index >= 15 is 4.79 Å². The number of carbonyl (C=O) groups excluding carboxylic acids is 1. The number of rotatable bonds is 15. The lowest BCUT2D eigenvalue weighted by atomic mass is 9.91. The Bertz CT molecular complexity index is 2420. The second kappa shape index (κ2) is 17.1. The Labute approximate surface area is 350 Å². The summed E-state index contributed by atoms with van der Waals surface area (Å²) < 4.78 is 21.7. The molecule has 0 unspecified atom stereocenters. The summed E-state index contributed by atoms with van der Waals surface area (Å²) in [6.07, 6.45) is 4.80. The number of urea groups is 1. The molecule has 4 atom stereocenters. The van der Waals surface area contributed by atoms with Crippen molar-refractivity contribution in [3.05, 3.63) is 148 Å². The molecule has 8 rings (SSSR count). The van der Waals surface area contributed by atoms with Gasteiger partial charge in [0, 0.05) is 39.2 Å². The molecule has 0 N–H and O–H groups in total. The number of ether oxygens (including phenoxy) is 3. The van der Waals surface area contributed by atoms with Crippen molar-refractivity contribution in [2.24, 2.45) is 0 Å². The maximum Gasteiger partial charge on any atom is 0.321 e. The predicted octanol–water partition coefficient (Wildman–Crippen LogP) is 8.02. The van der Waals surface area contributed by atoms with Gasteiger partial charge in [0.1, 0.15) is 18.9 Å². The van der Waals surface area contributed by atoms with Crippen LogP contribution in [0.5, 0.6) is 0 Å². The van der Waals surface area contributed by atoms with Gasteiger partial charge in [0.25, 0.3) is 5.69 Å². The molecule has 312 valence electrons. The van der Waals surface area contributed by atoms with Gasteiger partial charge >= 0.3 is 6.03 Å². The van der Waals surface area contributed by atoms with Gasteiger partial charge in [-0.25, -0.2) is 9.48 Å². The summed E-state index contributed by atoms with van der Waals surface area (Å²) in [5, 5.41) is 26.2. The second-order valence-electron chi connectivity index (χ2n) is 17.4. The highest BCUT2D eigenvalue weighted by Gasteiger charge is 2.55. The normalized spacial score (nSPS) is 20.4. The molecule has 2 saturated heterocycles. The van der Waals surface area contributed by atoms with Gasteiger partial charge in [-0.05, 0) is 73.2 Å². The molecule has 0 saturated carbocycles. The number of hydrogen-bond acceptors (Lipinski definition) is 9. The molecule has 2 aromatic heterocycles. The lowest BCUT2D eigenvalue weighted by Crippen LogP contribution is -2.51. The fourth-order valence-corrected chi connectivity index (χ4v) is 9.09. The monoisotopic (exact) mass is 828 g/mol. The van der Waals surface area contributed by atoms with Crippen LogP contribution >= 0.6 is 0 Å². The Kier molecular flexibility index (Phi) is 11.7. The summed E-state index contributed by atoms with van der Waals surface area (Å²) in [5.74, 6) is -0.937. The first-order valence-corrected chi connectivity index (χ1v) is 24.2. The van der Waals surface area contributed by atoms with E-state index in [0.717, 1.165) is 33.6 Å². The SMILES string of the molecule is CC1(C)O[C@@H]2[C@@H](O1)[C@@H](Cc1ccccc1)N(Cc1ccc3c(cnn3COCC[Si](C)(C)C)c1)C(=O)N(Cc1ccc([N+](=O)[O-])c(-n3nccn3)c1)[C@@H]2Cc1ccccc1. The highest BCUT2D eigenvalue weighted by molar-refractivity contribution is 6.76. The molecule has 2 amide bonds. The van der Waals surface area contributed by atoms with Crippen molar-refractivity contribution in [2.75, 3.05) is 6.61 Å². The largest absolute Gasteiger partial charge is 0.360 e. The minimum Gasteiger partial charge on any atom is -0.360 e.